The predicted octanol–water partition coefficient (Wildman–Crippen LogP) is 3.63. The summed E-state index contributed by atoms with van der Waals surface area (Å²) in [6.07, 6.45) is 8.19. The topological polar surface area (TPSA) is 67.5 Å². The van der Waals surface area contributed by atoms with E-state index in [0.29, 0.717) is 12.2 Å². The van der Waals surface area contributed by atoms with Gasteiger partial charge < -0.3 is 14.6 Å². The van der Waals surface area contributed by atoms with Gasteiger partial charge in [-0.15, -0.1) is 0 Å². The molecule has 1 fully saturated rings. The number of nitrogens with one attached hydrogen (secondary N) is 1. The summed E-state index contributed by atoms with van der Waals surface area (Å²) < 4.78 is 17.2. The molecule has 5 rings (SSSR count). The zero-order chi connectivity index (χ0) is 21.5. The smallest absolute Gasteiger partial charge is 0.272 e. The summed E-state index contributed by atoms with van der Waals surface area (Å²) in [5, 5.41) is 7.37. The molecule has 1 atom stereocenters. The lowest BCUT2D eigenvalue weighted by Crippen LogP contribution is -2.37. The fourth-order valence-corrected chi connectivity index (χ4v) is 4.10. The second-order valence-electron chi connectivity index (χ2n) is 7.65. The standard InChI is InChI=1S/C22H20ClFN6O/c1-14-4-8-28-11-7-25-21(20(14)28)29-9-5-15(13-29)26-22(31)19-6-10-30(27-19)16-2-3-17(23)18(24)12-16/h2-4,6-8,10-12,15H,5,9,13H2,1H3,(H,26,31)/t15-/m0/s1. The Morgan fingerprint density at radius 1 is 1.23 bits per heavy atom. The van der Waals surface area contributed by atoms with Crippen molar-refractivity contribution in [2.45, 2.75) is 19.4 Å². The van der Waals surface area contributed by atoms with E-state index in [9.17, 15) is 9.18 Å². The van der Waals surface area contributed by atoms with Gasteiger partial charge in [0.1, 0.15) is 5.82 Å². The van der Waals surface area contributed by atoms with Crippen LogP contribution < -0.4 is 10.2 Å². The van der Waals surface area contributed by atoms with E-state index < -0.39 is 5.82 Å². The van der Waals surface area contributed by atoms with Crippen molar-refractivity contribution in [1.82, 2.24) is 24.5 Å². The highest BCUT2D eigenvalue weighted by Crippen LogP contribution is 2.26. The van der Waals surface area contributed by atoms with Crippen LogP contribution in [0.4, 0.5) is 10.2 Å². The highest BCUT2D eigenvalue weighted by molar-refractivity contribution is 6.30. The molecule has 1 aliphatic rings. The summed E-state index contributed by atoms with van der Waals surface area (Å²) in [6, 6.07) is 8.06. The minimum Gasteiger partial charge on any atom is -0.353 e. The summed E-state index contributed by atoms with van der Waals surface area (Å²) in [7, 11) is 0. The number of rotatable bonds is 4. The van der Waals surface area contributed by atoms with Gasteiger partial charge in [-0.05, 0) is 43.2 Å². The molecular formula is C22H20ClFN6O. The predicted molar refractivity (Wildman–Crippen MR) is 117 cm³/mol. The SMILES string of the molecule is Cc1ccn2ccnc(N3CC[C@H](NC(=O)c4ccn(-c5ccc(Cl)c(F)c5)n4)C3)c12. The van der Waals surface area contributed by atoms with Crippen molar-refractivity contribution >= 4 is 28.8 Å². The van der Waals surface area contributed by atoms with Gasteiger partial charge in [-0.2, -0.15) is 5.10 Å². The third kappa shape index (κ3) is 3.63. The lowest BCUT2D eigenvalue weighted by Gasteiger charge is -2.19. The van der Waals surface area contributed by atoms with Crippen molar-refractivity contribution in [3.63, 3.8) is 0 Å². The molecule has 0 spiro atoms. The van der Waals surface area contributed by atoms with Crippen LogP contribution in [0.3, 0.4) is 0 Å². The van der Waals surface area contributed by atoms with Crippen LogP contribution in [0.25, 0.3) is 11.2 Å². The monoisotopic (exact) mass is 438 g/mol. The lowest BCUT2D eigenvalue weighted by molar-refractivity contribution is 0.0935. The number of benzene rings is 1. The molecule has 0 radical (unpaired) electrons. The number of amides is 1. The molecule has 4 heterocycles. The van der Waals surface area contributed by atoms with Gasteiger partial charge in [0.25, 0.3) is 5.91 Å². The normalized spacial score (nSPS) is 16.2. The maximum absolute atomic E-state index is 13.7. The van der Waals surface area contributed by atoms with Crippen molar-refractivity contribution < 1.29 is 9.18 Å². The molecule has 1 N–H and O–H groups in total. The summed E-state index contributed by atoms with van der Waals surface area (Å²) in [5.41, 5.74) is 3.02. The Morgan fingerprint density at radius 3 is 2.94 bits per heavy atom. The zero-order valence-corrected chi connectivity index (χ0v) is 17.6. The summed E-state index contributed by atoms with van der Waals surface area (Å²) in [5.74, 6) is 0.134. The third-order valence-electron chi connectivity index (χ3n) is 5.57. The number of aromatic nitrogens is 4. The van der Waals surface area contributed by atoms with Crippen LogP contribution in [0.2, 0.25) is 5.02 Å². The van der Waals surface area contributed by atoms with Gasteiger partial charge in [-0.3, -0.25) is 4.79 Å². The first-order valence-electron chi connectivity index (χ1n) is 9.99. The van der Waals surface area contributed by atoms with Gasteiger partial charge >= 0.3 is 0 Å². The first kappa shape index (κ1) is 19.6. The van der Waals surface area contributed by atoms with Crippen molar-refractivity contribution in [1.29, 1.82) is 0 Å². The second-order valence-corrected chi connectivity index (χ2v) is 8.06. The fourth-order valence-electron chi connectivity index (χ4n) is 3.98. The van der Waals surface area contributed by atoms with Crippen LogP contribution in [-0.2, 0) is 0 Å². The van der Waals surface area contributed by atoms with Gasteiger partial charge in [-0.25, -0.2) is 14.1 Å². The van der Waals surface area contributed by atoms with Gasteiger partial charge in [0.05, 0.1) is 16.2 Å². The number of fused-ring (bicyclic) bond motifs is 1. The molecule has 1 saturated heterocycles. The Labute approximate surface area is 183 Å². The average Bonchev–Trinajstić information content (AvgIpc) is 3.50. The number of nitrogens with zero attached hydrogens (tertiary/aromatic N) is 5. The van der Waals surface area contributed by atoms with E-state index in [1.54, 1.807) is 24.5 Å². The van der Waals surface area contributed by atoms with Crippen molar-refractivity contribution in [2.24, 2.45) is 0 Å². The minimum atomic E-state index is -0.534. The molecule has 0 saturated carbocycles. The summed E-state index contributed by atoms with van der Waals surface area (Å²) >= 11 is 5.73. The Hall–Kier alpha value is -3.39. The number of halogens is 2. The number of hydrogen-bond acceptors (Lipinski definition) is 4. The summed E-state index contributed by atoms with van der Waals surface area (Å²) in [6.45, 7) is 3.55. The van der Waals surface area contributed by atoms with Crippen LogP contribution in [0.15, 0.2) is 55.1 Å². The Kier molecular flexibility index (Phi) is 4.86. The molecule has 3 aromatic heterocycles. The van der Waals surface area contributed by atoms with Crippen LogP contribution in [0.1, 0.15) is 22.5 Å². The lowest BCUT2D eigenvalue weighted by atomic mass is 10.2. The van der Waals surface area contributed by atoms with Gasteiger partial charge in [0.2, 0.25) is 0 Å². The van der Waals surface area contributed by atoms with Gasteiger partial charge in [0.15, 0.2) is 11.5 Å². The third-order valence-corrected chi connectivity index (χ3v) is 5.87. The minimum absolute atomic E-state index is 0.0112. The van der Waals surface area contributed by atoms with Crippen molar-refractivity contribution in [3.8, 4) is 5.69 Å². The molecule has 0 unspecified atom stereocenters. The quantitative estimate of drug-likeness (QED) is 0.528. The zero-order valence-electron chi connectivity index (χ0n) is 16.8. The number of anilines is 1. The van der Waals surface area contributed by atoms with E-state index in [2.05, 4.69) is 37.7 Å². The molecule has 158 valence electrons. The van der Waals surface area contributed by atoms with E-state index in [0.717, 1.165) is 24.3 Å². The molecule has 1 aromatic carbocycles. The number of carbonyl (C=O) groups is 1. The average molecular weight is 439 g/mol. The van der Waals surface area contributed by atoms with Gasteiger partial charge in [0, 0.05) is 50.0 Å². The van der Waals surface area contributed by atoms with Crippen LogP contribution in [0.5, 0.6) is 0 Å². The van der Waals surface area contributed by atoms with E-state index in [-0.39, 0.29) is 22.7 Å². The Morgan fingerprint density at radius 2 is 2.10 bits per heavy atom. The van der Waals surface area contributed by atoms with Crippen molar-refractivity contribution in [2.75, 3.05) is 18.0 Å². The number of carbonyl (C=O) groups excluding carboxylic acids is 1. The van der Waals surface area contributed by atoms with Crippen LogP contribution in [0, 0.1) is 12.7 Å². The largest absolute Gasteiger partial charge is 0.353 e. The molecule has 7 nitrogen and oxygen atoms in total. The Balaban J connectivity index is 1.28. The number of hydrogen-bond donors (Lipinski definition) is 1. The van der Waals surface area contributed by atoms with Crippen LogP contribution in [-0.4, -0.2) is 44.2 Å². The highest BCUT2D eigenvalue weighted by atomic mass is 35.5. The molecule has 4 aromatic rings. The van der Waals surface area contributed by atoms with Crippen molar-refractivity contribution in [3.05, 3.63) is 77.2 Å². The molecule has 0 bridgehead atoms. The number of aryl methyl sites for hydroxylation is 1. The molecular weight excluding hydrogens is 419 g/mol. The van der Waals surface area contributed by atoms with E-state index in [4.69, 9.17) is 11.6 Å². The maximum Gasteiger partial charge on any atom is 0.272 e. The van der Waals surface area contributed by atoms with Gasteiger partial charge in [-0.1, -0.05) is 11.6 Å². The molecule has 9 heteroatoms. The molecule has 1 aliphatic heterocycles. The van der Waals surface area contributed by atoms with Crippen LogP contribution >= 0.6 is 11.6 Å². The Bertz CT molecular complexity index is 1280. The maximum atomic E-state index is 13.7. The first-order chi connectivity index (χ1) is 15.0. The highest BCUT2D eigenvalue weighted by Gasteiger charge is 2.27. The molecule has 0 aliphatic carbocycles. The fraction of sp³-hybridized carbons (Fsp3) is 0.227. The van der Waals surface area contributed by atoms with E-state index in [1.807, 2.05) is 12.4 Å². The van der Waals surface area contributed by atoms with E-state index in [1.165, 1.54) is 22.4 Å². The summed E-state index contributed by atoms with van der Waals surface area (Å²) in [4.78, 5) is 19.5. The second kappa shape index (κ2) is 7.70. The molecule has 1 amide bonds. The first-order valence-corrected chi connectivity index (χ1v) is 10.4. The molecule has 31 heavy (non-hydrogen) atoms. The van der Waals surface area contributed by atoms with E-state index >= 15 is 0 Å².